The second kappa shape index (κ2) is 6.50. The zero-order valence-electron chi connectivity index (χ0n) is 11.5. The highest BCUT2D eigenvalue weighted by Crippen LogP contribution is 2.39. The first-order chi connectivity index (χ1) is 9.93. The number of nitrogens with one attached hydrogen (secondary N) is 1. The summed E-state index contributed by atoms with van der Waals surface area (Å²) in [5, 5.41) is 3.47. The monoisotopic (exact) mass is 313 g/mol. The van der Waals surface area contributed by atoms with E-state index in [0.717, 1.165) is 18.2 Å². The van der Waals surface area contributed by atoms with Crippen molar-refractivity contribution in [2.24, 2.45) is 0 Å². The van der Waals surface area contributed by atoms with E-state index in [-0.39, 0.29) is 5.56 Å². The number of benzene rings is 2. The van der Waals surface area contributed by atoms with Gasteiger partial charge in [-0.2, -0.15) is 13.2 Å². The summed E-state index contributed by atoms with van der Waals surface area (Å²) in [4.78, 5) is 0. The van der Waals surface area contributed by atoms with Crippen LogP contribution in [-0.2, 0) is 12.7 Å². The van der Waals surface area contributed by atoms with E-state index in [9.17, 15) is 13.2 Å². The first kappa shape index (κ1) is 15.9. The lowest BCUT2D eigenvalue weighted by atomic mass is 9.98. The summed E-state index contributed by atoms with van der Waals surface area (Å²) in [7, 11) is 0. The Morgan fingerprint density at radius 2 is 1.76 bits per heavy atom. The average molecular weight is 314 g/mol. The molecule has 0 radical (unpaired) electrons. The van der Waals surface area contributed by atoms with Gasteiger partial charge in [0.1, 0.15) is 0 Å². The molecule has 0 heterocycles. The zero-order chi connectivity index (χ0) is 15.5. The summed E-state index contributed by atoms with van der Waals surface area (Å²) in [6.07, 6.45) is -4.40. The minimum Gasteiger partial charge on any atom is -0.313 e. The van der Waals surface area contributed by atoms with E-state index in [2.05, 4.69) is 5.32 Å². The first-order valence-electron chi connectivity index (χ1n) is 6.59. The maximum Gasteiger partial charge on any atom is 0.417 e. The number of alkyl halides is 3. The summed E-state index contributed by atoms with van der Waals surface area (Å²) in [5.41, 5.74) is 0.760. The fraction of sp³-hybridized carbons (Fsp3) is 0.250. The van der Waals surface area contributed by atoms with Crippen LogP contribution in [0.3, 0.4) is 0 Å². The van der Waals surface area contributed by atoms with Crippen LogP contribution in [0.4, 0.5) is 13.2 Å². The Morgan fingerprint density at radius 3 is 2.38 bits per heavy atom. The quantitative estimate of drug-likeness (QED) is 0.824. The van der Waals surface area contributed by atoms with Crippen LogP contribution in [0.1, 0.15) is 18.1 Å². The molecule has 2 rings (SSSR count). The summed E-state index contributed by atoms with van der Waals surface area (Å²) in [6.45, 7) is 3.43. The van der Waals surface area contributed by atoms with Gasteiger partial charge >= 0.3 is 6.18 Å². The highest BCUT2D eigenvalue weighted by Gasteiger charge is 2.33. The smallest absolute Gasteiger partial charge is 0.313 e. The van der Waals surface area contributed by atoms with Crippen LogP contribution >= 0.6 is 11.6 Å². The van der Waals surface area contributed by atoms with Crippen molar-refractivity contribution in [2.45, 2.75) is 19.6 Å². The Labute approximate surface area is 126 Å². The van der Waals surface area contributed by atoms with Crippen molar-refractivity contribution in [3.05, 3.63) is 58.6 Å². The second-order valence-corrected chi connectivity index (χ2v) is 5.05. The lowest BCUT2D eigenvalue weighted by Crippen LogP contribution is -2.11. The maximum absolute atomic E-state index is 13.1. The van der Waals surface area contributed by atoms with E-state index in [1.807, 2.05) is 6.92 Å². The molecule has 112 valence electrons. The minimum absolute atomic E-state index is 0.102. The van der Waals surface area contributed by atoms with Gasteiger partial charge in [-0.3, -0.25) is 0 Å². The van der Waals surface area contributed by atoms with Crippen LogP contribution in [0.5, 0.6) is 0 Å². The van der Waals surface area contributed by atoms with Crippen molar-refractivity contribution in [1.82, 2.24) is 5.32 Å². The van der Waals surface area contributed by atoms with Crippen molar-refractivity contribution in [3.8, 4) is 11.1 Å². The molecule has 1 nitrogen and oxygen atoms in total. The standard InChI is InChI=1S/C16H15ClF3N/c1-2-21-10-11-7-8-13(15(17)9-11)12-5-3-4-6-14(12)16(18,19)20/h3-9,21H,2,10H2,1H3. The zero-order valence-corrected chi connectivity index (χ0v) is 12.2. The topological polar surface area (TPSA) is 12.0 Å². The van der Waals surface area contributed by atoms with Gasteiger partial charge in [-0.1, -0.05) is 48.9 Å². The van der Waals surface area contributed by atoms with Crippen molar-refractivity contribution in [2.75, 3.05) is 6.54 Å². The molecule has 2 aromatic carbocycles. The molecule has 0 fully saturated rings. The Balaban J connectivity index is 2.44. The Bertz CT molecular complexity index is 623. The minimum atomic E-state index is -4.40. The molecule has 0 amide bonds. The van der Waals surface area contributed by atoms with Gasteiger partial charge in [0.05, 0.1) is 5.56 Å². The molecule has 0 aliphatic heterocycles. The average Bonchev–Trinajstić information content (AvgIpc) is 2.44. The van der Waals surface area contributed by atoms with E-state index >= 15 is 0 Å². The normalized spacial score (nSPS) is 11.7. The summed E-state index contributed by atoms with van der Waals surface area (Å²) in [6, 6.07) is 10.6. The van der Waals surface area contributed by atoms with Crippen LogP contribution in [0.25, 0.3) is 11.1 Å². The van der Waals surface area contributed by atoms with Crippen molar-refractivity contribution in [3.63, 3.8) is 0 Å². The van der Waals surface area contributed by atoms with Crippen molar-refractivity contribution in [1.29, 1.82) is 0 Å². The molecule has 0 saturated heterocycles. The van der Waals surface area contributed by atoms with Gasteiger partial charge in [0, 0.05) is 17.1 Å². The molecular formula is C16H15ClF3N. The van der Waals surface area contributed by atoms with Gasteiger partial charge in [-0.15, -0.1) is 0 Å². The molecule has 0 aliphatic rings. The molecule has 21 heavy (non-hydrogen) atoms. The van der Waals surface area contributed by atoms with Crippen LogP contribution < -0.4 is 5.32 Å². The van der Waals surface area contributed by atoms with E-state index in [0.29, 0.717) is 17.1 Å². The molecule has 0 aromatic heterocycles. The number of halogens is 4. The van der Waals surface area contributed by atoms with Gasteiger partial charge in [-0.05, 0) is 29.8 Å². The first-order valence-corrected chi connectivity index (χ1v) is 6.97. The SMILES string of the molecule is CCNCc1ccc(-c2ccccc2C(F)(F)F)c(Cl)c1. The molecule has 5 heteroatoms. The van der Waals surface area contributed by atoms with Crippen LogP contribution in [-0.4, -0.2) is 6.54 Å². The Kier molecular flexibility index (Phi) is 4.91. The lowest BCUT2D eigenvalue weighted by Gasteiger charge is -2.14. The van der Waals surface area contributed by atoms with Crippen LogP contribution in [0.15, 0.2) is 42.5 Å². The Hall–Kier alpha value is -1.52. The maximum atomic E-state index is 13.1. The molecule has 0 bridgehead atoms. The van der Waals surface area contributed by atoms with Gasteiger partial charge in [0.2, 0.25) is 0 Å². The summed E-state index contributed by atoms with van der Waals surface area (Å²) in [5.74, 6) is 0. The molecule has 0 aliphatic carbocycles. The van der Waals surface area contributed by atoms with Crippen molar-refractivity contribution >= 4 is 11.6 Å². The van der Waals surface area contributed by atoms with Crippen molar-refractivity contribution < 1.29 is 13.2 Å². The Morgan fingerprint density at radius 1 is 1.05 bits per heavy atom. The number of rotatable bonds is 4. The summed E-state index contributed by atoms with van der Waals surface area (Å²) >= 11 is 6.17. The number of hydrogen-bond donors (Lipinski definition) is 1. The van der Waals surface area contributed by atoms with Gasteiger partial charge in [0.15, 0.2) is 0 Å². The third-order valence-corrected chi connectivity index (χ3v) is 3.45. The fourth-order valence-electron chi connectivity index (χ4n) is 2.12. The molecule has 0 atom stereocenters. The van der Waals surface area contributed by atoms with Gasteiger partial charge < -0.3 is 5.32 Å². The molecule has 2 aromatic rings. The number of hydrogen-bond acceptors (Lipinski definition) is 1. The van der Waals surface area contributed by atoms with Gasteiger partial charge in [0.25, 0.3) is 0 Å². The van der Waals surface area contributed by atoms with Crippen LogP contribution in [0, 0.1) is 0 Å². The fourth-order valence-corrected chi connectivity index (χ4v) is 2.43. The highest BCUT2D eigenvalue weighted by molar-refractivity contribution is 6.33. The van der Waals surface area contributed by atoms with Crippen LogP contribution in [0.2, 0.25) is 5.02 Å². The largest absolute Gasteiger partial charge is 0.417 e. The third kappa shape index (κ3) is 3.77. The molecule has 0 unspecified atom stereocenters. The van der Waals surface area contributed by atoms with E-state index < -0.39 is 11.7 Å². The molecular weight excluding hydrogens is 299 g/mol. The predicted molar refractivity (Wildman–Crippen MR) is 79.3 cm³/mol. The summed E-state index contributed by atoms with van der Waals surface area (Å²) < 4.78 is 39.2. The predicted octanol–water partition coefficient (Wildman–Crippen LogP) is 5.14. The van der Waals surface area contributed by atoms with E-state index in [4.69, 9.17) is 11.6 Å². The third-order valence-electron chi connectivity index (χ3n) is 3.14. The molecule has 1 N–H and O–H groups in total. The van der Waals surface area contributed by atoms with E-state index in [1.165, 1.54) is 12.1 Å². The highest BCUT2D eigenvalue weighted by atomic mass is 35.5. The van der Waals surface area contributed by atoms with Gasteiger partial charge in [-0.25, -0.2) is 0 Å². The lowest BCUT2D eigenvalue weighted by molar-refractivity contribution is -0.137. The molecule has 0 spiro atoms. The molecule has 0 saturated carbocycles. The van der Waals surface area contributed by atoms with E-state index in [1.54, 1.807) is 24.3 Å². The second-order valence-electron chi connectivity index (χ2n) is 4.64.